The minimum absolute atomic E-state index is 0.538. The fourth-order valence-electron chi connectivity index (χ4n) is 1.06. The van der Waals surface area contributed by atoms with E-state index in [1.165, 1.54) is 0 Å². The fourth-order valence-corrected chi connectivity index (χ4v) is 1.06. The lowest BCUT2D eigenvalue weighted by Crippen LogP contribution is -1.94. The molecule has 2 rings (SSSR count). The first-order valence-corrected chi connectivity index (χ1v) is 4.13. The fraction of sp³-hybridized carbons (Fsp3) is 0. The van der Waals surface area contributed by atoms with Crippen molar-refractivity contribution >= 4 is 11.8 Å². The van der Waals surface area contributed by atoms with Crippen molar-refractivity contribution in [3.63, 3.8) is 0 Å². The summed E-state index contributed by atoms with van der Waals surface area (Å²) in [5.41, 5.74) is 7.02. The van der Waals surface area contributed by atoms with Gasteiger partial charge in [-0.1, -0.05) is 0 Å². The minimum Gasteiger partial charge on any atom is -0.463 e. The maximum Gasteiger partial charge on any atom is 0.149 e. The first-order valence-electron chi connectivity index (χ1n) is 4.13. The summed E-state index contributed by atoms with van der Waals surface area (Å²) in [6, 6.07) is 3.58. The lowest BCUT2D eigenvalue weighted by atomic mass is 10.3. The lowest BCUT2D eigenvalue weighted by molar-refractivity contribution is 0.552. The van der Waals surface area contributed by atoms with Crippen molar-refractivity contribution in [2.45, 2.75) is 0 Å². The maximum absolute atomic E-state index is 5.77. The first-order chi connectivity index (χ1) is 6.86. The van der Waals surface area contributed by atoms with Gasteiger partial charge in [0.1, 0.15) is 5.76 Å². The standard InChI is InChI=1S/C10H9N3O/c11-9(10-2-1-5-14-10)6-8-7-12-3-4-13-8/h1-7H,11H2/b9-6-. The molecule has 2 N–H and O–H groups in total. The molecule has 4 heteroatoms. The lowest BCUT2D eigenvalue weighted by Gasteiger charge is -1.95. The highest BCUT2D eigenvalue weighted by Gasteiger charge is 1.99. The van der Waals surface area contributed by atoms with Crippen molar-refractivity contribution in [1.29, 1.82) is 0 Å². The summed E-state index contributed by atoms with van der Waals surface area (Å²) in [5, 5.41) is 0. The molecule has 0 bridgehead atoms. The van der Waals surface area contributed by atoms with E-state index in [0.717, 1.165) is 0 Å². The zero-order valence-corrected chi connectivity index (χ0v) is 7.42. The Morgan fingerprint density at radius 3 is 3.00 bits per heavy atom. The Kier molecular flexibility index (Phi) is 2.27. The topological polar surface area (TPSA) is 64.9 Å². The molecule has 0 amide bonds. The molecule has 2 heterocycles. The van der Waals surface area contributed by atoms with E-state index in [1.807, 2.05) is 0 Å². The molecule has 2 aromatic heterocycles. The van der Waals surface area contributed by atoms with Crippen molar-refractivity contribution in [2.75, 3.05) is 0 Å². The van der Waals surface area contributed by atoms with Gasteiger partial charge in [0.15, 0.2) is 0 Å². The van der Waals surface area contributed by atoms with E-state index in [9.17, 15) is 0 Å². The average Bonchev–Trinajstić information content (AvgIpc) is 2.72. The second-order valence-corrected chi connectivity index (χ2v) is 2.71. The molecule has 0 atom stereocenters. The molecule has 14 heavy (non-hydrogen) atoms. The third-order valence-electron chi connectivity index (χ3n) is 1.69. The Morgan fingerprint density at radius 1 is 1.43 bits per heavy atom. The summed E-state index contributed by atoms with van der Waals surface area (Å²) < 4.78 is 5.13. The summed E-state index contributed by atoms with van der Waals surface area (Å²) in [6.45, 7) is 0. The largest absolute Gasteiger partial charge is 0.463 e. The highest BCUT2D eigenvalue weighted by atomic mass is 16.3. The second kappa shape index (κ2) is 3.74. The smallest absolute Gasteiger partial charge is 0.149 e. The molecule has 0 saturated carbocycles. The van der Waals surface area contributed by atoms with Crippen LogP contribution in [0.2, 0.25) is 0 Å². The monoisotopic (exact) mass is 187 g/mol. The Morgan fingerprint density at radius 2 is 2.36 bits per heavy atom. The van der Waals surface area contributed by atoms with Crippen LogP contribution in [0.4, 0.5) is 0 Å². The number of nitrogens with zero attached hydrogens (tertiary/aromatic N) is 2. The van der Waals surface area contributed by atoms with Crippen LogP contribution >= 0.6 is 0 Å². The van der Waals surface area contributed by atoms with Crippen molar-refractivity contribution in [3.05, 3.63) is 48.4 Å². The van der Waals surface area contributed by atoms with Crippen LogP contribution in [0.25, 0.3) is 11.8 Å². The second-order valence-electron chi connectivity index (χ2n) is 2.71. The van der Waals surface area contributed by atoms with Gasteiger partial charge in [-0.25, -0.2) is 0 Å². The number of nitrogens with two attached hydrogens (primary N) is 1. The van der Waals surface area contributed by atoms with Crippen LogP contribution in [-0.2, 0) is 0 Å². The van der Waals surface area contributed by atoms with Crippen LogP contribution < -0.4 is 5.73 Å². The predicted octanol–water partition coefficient (Wildman–Crippen LogP) is 1.53. The molecule has 70 valence electrons. The van der Waals surface area contributed by atoms with Gasteiger partial charge in [-0.2, -0.15) is 0 Å². The van der Waals surface area contributed by atoms with E-state index in [0.29, 0.717) is 17.2 Å². The molecule has 0 saturated heterocycles. The quantitative estimate of drug-likeness (QED) is 0.774. The van der Waals surface area contributed by atoms with Crippen LogP contribution in [0.3, 0.4) is 0 Å². The minimum atomic E-state index is 0.538. The maximum atomic E-state index is 5.77. The summed E-state index contributed by atoms with van der Waals surface area (Å²) in [6.07, 6.45) is 8.15. The molecule has 0 fully saturated rings. The zero-order valence-electron chi connectivity index (χ0n) is 7.42. The Labute approximate surface area is 81.1 Å². The third-order valence-corrected chi connectivity index (χ3v) is 1.69. The van der Waals surface area contributed by atoms with Gasteiger partial charge in [0, 0.05) is 12.4 Å². The Bertz CT molecular complexity index is 420. The molecule has 0 aliphatic rings. The molecule has 0 spiro atoms. The van der Waals surface area contributed by atoms with Crippen LogP contribution in [0, 0.1) is 0 Å². The molecule has 0 aromatic carbocycles. The number of hydrogen-bond acceptors (Lipinski definition) is 4. The van der Waals surface area contributed by atoms with Gasteiger partial charge in [0.2, 0.25) is 0 Å². The van der Waals surface area contributed by atoms with Crippen molar-refractivity contribution in [3.8, 4) is 0 Å². The first kappa shape index (κ1) is 8.50. The van der Waals surface area contributed by atoms with Gasteiger partial charge in [-0.15, -0.1) is 0 Å². The van der Waals surface area contributed by atoms with Gasteiger partial charge in [0.25, 0.3) is 0 Å². The molecule has 4 nitrogen and oxygen atoms in total. The molecular weight excluding hydrogens is 178 g/mol. The molecular formula is C10H9N3O. The van der Waals surface area contributed by atoms with Gasteiger partial charge in [-0.3, -0.25) is 9.97 Å². The molecule has 0 unspecified atom stereocenters. The van der Waals surface area contributed by atoms with E-state index in [2.05, 4.69) is 9.97 Å². The van der Waals surface area contributed by atoms with Crippen LogP contribution in [-0.4, -0.2) is 9.97 Å². The number of rotatable bonds is 2. The number of hydrogen-bond donors (Lipinski definition) is 1. The van der Waals surface area contributed by atoms with E-state index in [-0.39, 0.29) is 0 Å². The molecule has 2 aromatic rings. The van der Waals surface area contributed by atoms with Crippen LogP contribution in [0.5, 0.6) is 0 Å². The Hall–Kier alpha value is -2.10. The van der Waals surface area contributed by atoms with Gasteiger partial charge in [-0.05, 0) is 18.2 Å². The SMILES string of the molecule is N/C(=C\c1cnccn1)c1ccco1. The van der Waals surface area contributed by atoms with Gasteiger partial charge >= 0.3 is 0 Å². The highest BCUT2D eigenvalue weighted by Crippen LogP contribution is 2.11. The van der Waals surface area contributed by atoms with Crippen molar-refractivity contribution in [2.24, 2.45) is 5.73 Å². The van der Waals surface area contributed by atoms with E-state index in [4.69, 9.17) is 10.2 Å². The number of aromatic nitrogens is 2. The van der Waals surface area contributed by atoms with Crippen molar-refractivity contribution in [1.82, 2.24) is 9.97 Å². The summed E-state index contributed by atoms with van der Waals surface area (Å²) in [5.74, 6) is 0.635. The Balaban J connectivity index is 2.28. The zero-order chi connectivity index (χ0) is 9.80. The van der Waals surface area contributed by atoms with Gasteiger partial charge < -0.3 is 10.2 Å². The van der Waals surface area contributed by atoms with E-state index in [1.54, 1.807) is 43.1 Å². The van der Waals surface area contributed by atoms with Crippen LogP contribution in [0.15, 0.2) is 41.4 Å². The van der Waals surface area contributed by atoms with Gasteiger partial charge in [0.05, 0.1) is 23.9 Å². The summed E-state index contributed by atoms with van der Waals surface area (Å²) in [4.78, 5) is 7.99. The normalized spacial score (nSPS) is 11.6. The molecule has 0 aliphatic heterocycles. The van der Waals surface area contributed by atoms with Crippen LogP contribution in [0.1, 0.15) is 11.5 Å². The van der Waals surface area contributed by atoms with E-state index < -0.39 is 0 Å². The summed E-state index contributed by atoms with van der Waals surface area (Å²) >= 11 is 0. The molecule has 0 radical (unpaired) electrons. The highest BCUT2D eigenvalue weighted by molar-refractivity contribution is 5.75. The molecule has 0 aliphatic carbocycles. The predicted molar refractivity (Wildman–Crippen MR) is 52.8 cm³/mol. The van der Waals surface area contributed by atoms with E-state index >= 15 is 0 Å². The summed E-state index contributed by atoms with van der Waals surface area (Å²) in [7, 11) is 0. The number of furan rings is 1. The average molecular weight is 187 g/mol. The van der Waals surface area contributed by atoms with Crippen molar-refractivity contribution < 1.29 is 4.42 Å². The third kappa shape index (κ3) is 1.80.